The van der Waals surface area contributed by atoms with Gasteiger partial charge in [0.2, 0.25) is 0 Å². The molecule has 6 aromatic carbocycles. The van der Waals surface area contributed by atoms with Crippen LogP contribution in [0.15, 0.2) is 127 Å². The molecule has 47 heavy (non-hydrogen) atoms. The number of hydrogen-bond donors (Lipinski definition) is 0. The van der Waals surface area contributed by atoms with Gasteiger partial charge in [0.1, 0.15) is 0 Å². The van der Waals surface area contributed by atoms with E-state index in [4.69, 9.17) is 0 Å². The van der Waals surface area contributed by atoms with Crippen LogP contribution in [-0.2, 0) is 0 Å². The summed E-state index contributed by atoms with van der Waals surface area (Å²) in [5.41, 5.74) is 16.6. The van der Waals surface area contributed by atoms with Crippen LogP contribution in [0, 0.1) is 41.5 Å². The maximum Gasteiger partial charge on any atom is 0.161 e. The molecule has 0 saturated heterocycles. The minimum atomic E-state index is 0.0477. The predicted molar refractivity (Wildman–Crippen MR) is 200 cm³/mol. The Labute approximate surface area is 279 Å². The van der Waals surface area contributed by atoms with Gasteiger partial charge >= 0.3 is 0 Å². The number of ketones is 1. The molecule has 0 saturated carbocycles. The molecule has 0 aliphatic rings. The van der Waals surface area contributed by atoms with Crippen LogP contribution >= 0.6 is 0 Å². The van der Waals surface area contributed by atoms with Gasteiger partial charge in [0, 0.05) is 34.0 Å². The summed E-state index contributed by atoms with van der Waals surface area (Å²) in [6, 6.07) is 45.3. The minimum Gasteiger partial charge on any atom is -0.310 e. The number of aryl methyl sites for hydroxylation is 6. The van der Waals surface area contributed by atoms with E-state index in [1.54, 1.807) is 6.92 Å². The van der Waals surface area contributed by atoms with E-state index in [1.807, 2.05) is 12.1 Å². The summed E-state index contributed by atoms with van der Waals surface area (Å²) in [5, 5.41) is 0. The standard InChI is InChI=1S/C44H42N2O/c1-29-8-15-36(16-9-29)45(37-17-10-30(2)11-18-37)39-21-24-41(33(5)27-39)42-25-22-40(28-34(42)6)46(38-19-12-31(3)13-20-38)44-26-32(4)14-23-43(44)35(7)47/h8-28H,1-7H3. The molecule has 0 atom stereocenters. The van der Waals surface area contributed by atoms with E-state index in [2.05, 4.69) is 167 Å². The second-order valence-corrected chi connectivity index (χ2v) is 12.8. The molecule has 0 aliphatic carbocycles. The molecule has 0 amide bonds. The summed E-state index contributed by atoms with van der Waals surface area (Å²) >= 11 is 0. The van der Waals surface area contributed by atoms with E-state index >= 15 is 0 Å². The third-order valence-electron chi connectivity index (χ3n) is 8.88. The largest absolute Gasteiger partial charge is 0.310 e. The lowest BCUT2D eigenvalue weighted by molar-refractivity contribution is 0.101. The zero-order chi connectivity index (χ0) is 33.2. The van der Waals surface area contributed by atoms with Gasteiger partial charge in [0.05, 0.1) is 5.69 Å². The van der Waals surface area contributed by atoms with Crippen LogP contribution in [0.25, 0.3) is 11.1 Å². The molecule has 6 rings (SSSR count). The van der Waals surface area contributed by atoms with Gasteiger partial charge in [0.15, 0.2) is 5.78 Å². The average Bonchev–Trinajstić information content (AvgIpc) is 3.04. The second-order valence-electron chi connectivity index (χ2n) is 12.8. The Morgan fingerprint density at radius 1 is 0.404 bits per heavy atom. The Morgan fingerprint density at radius 3 is 1.17 bits per heavy atom. The highest BCUT2D eigenvalue weighted by molar-refractivity contribution is 6.02. The van der Waals surface area contributed by atoms with Crippen molar-refractivity contribution in [3.05, 3.63) is 166 Å². The monoisotopic (exact) mass is 614 g/mol. The van der Waals surface area contributed by atoms with Gasteiger partial charge in [0.25, 0.3) is 0 Å². The first-order valence-corrected chi connectivity index (χ1v) is 16.2. The molecule has 0 aliphatic heterocycles. The van der Waals surface area contributed by atoms with Crippen LogP contribution in [0.1, 0.15) is 50.7 Å². The van der Waals surface area contributed by atoms with E-state index in [-0.39, 0.29) is 5.78 Å². The molecule has 0 heterocycles. The van der Waals surface area contributed by atoms with Crippen molar-refractivity contribution >= 4 is 39.9 Å². The third-order valence-corrected chi connectivity index (χ3v) is 8.88. The summed E-state index contributed by atoms with van der Waals surface area (Å²) in [7, 11) is 0. The Balaban J connectivity index is 1.42. The quantitative estimate of drug-likeness (QED) is 0.159. The van der Waals surface area contributed by atoms with Gasteiger partial charge in [-0.05, 0) is 149 Å². The Bertz CT molecular complexity index is 2010. The molecule has 0 spiro atoms. The number of anilines is 6. The lowest BCUT2D eigenvalue weighted by Gasteiger charge is -2.29. The zero-order valence-electron chi connectivity index (χ0n) is 28.4. The SMILES string of the molecule is CC(=O)c1ccc(C)cc1N(c1ccc(C)cc1)c1ccc(-c2ccc(N(c3ccc(C)cc3)c3ccc(C)cc3)cc2C)c(C)c1. The van der Waals surface area contributed by atoms with Crippen molar-refractivity contribution in [3.63, 3.8) is 0 Å². The summed E-state index contributed by atoms with van der Waals surface area (Å²) in [6.07, 6.45) is 0. The van der Waals surface area contributed by atoms with Crippen molar-refractivity contribution in [2.75, 3.05) is 9.80 Å². The number of hydrogen-bond acceptors (Lipinski definition) is 3. The van der Waals surface area contributed by atoms with E-state index < -0.39 is 0 Å². The third kappa shape index (κ3) is 6.62. The van der Waals surface area contributed by atoms with Crippen LogP contribution < -0.4 is 9.80 Å². The summed E-state index contributed by atoms with van der Waals surface area (Å²) < 4.78 is 0. The van der Waals surface area contributed by atoms with E-state index in [9.17, 15) is 4.79 Å². The molecular formula is C44H42N2O. The lowest BCUT2D eigenvalue weighted by Crippen LogP contribution is -2.14. The fourth-order valence-corrected chi connectivity index (χ4v) is 6.26. The number of Topliss-reactive ketones (excluding diaryl/α,β-unsaturated/α-hetero) is 1. The van der Waals surface area contributed by atoms with Gasteiger partial charge in [-0.15, -0.1) is 0 Å². The van der Waals surface area contributed by atoms with Crippen molar-refractivity contribution in [1.29, 1.82) is 0 Å². The highest BCUT2D eigenvalue weighted by atomic mass is 16.1. The van der Waals surface area contributed by atoms with Crippen LogP contribution in [0.4, 0.5) is 34.1 Å². The summed E-state index contributed by atoms with van der Waals surface area (Å²) in [6.45, 7) is 14.4. The van der Waals surface area contributed by atoms with Gasteiger partial charge < -0.3 is 9.80 Å². The van der Waals surface area contributed by atoms with Crippen molar-refractivity contribution in [2.24, 2.45) is 0 Å². The van der Waals surface area contributed by atoms with Crippen LogP contribution in [0.2, 0.25) is 0 Å². The fraction of sp³-hybridized carbons (Fsp3) is 0.159. The van der Waals surface area contributed by atoms with Crippen LogP contribution in [-0.4, -0.2) is 5.78 Å². The minimum absolute atomic E-state index is 0.0477. The highest BCUT2D eigenvalue weighted by Gasteiger charge is 2.20. The summed E-state index contributed by atoms with van der Waals surface area (Å²) in [5.74, 6) is 0.0477. The number of carbonyl (C=O) groups excluding carboxylic acids is 1. The molecular weight excluding hydrogens is 572 g/mol. The summed E-state index contributed by atoms with van der Waals surface area (Å²) in [4.78, 5) is 17.3. The maximum atomic E-state index is 12.8. The highest BCUT2D eigenvalue weighted by Crippen LogP contribution is 2.41. The van der Waals surface area contributed by atoms with Gasteiger partial charge in [-0.25, -0.2) is 0 Å². The maximum absolute atomic E-state index is 12.8. The molecule has 0 unspecified atom stereocenters. The first kappa shape index (κ1) is 31.6. The molecule has 0 bridgehead atoms. The molecule has 3 nitrogen and oxygen atoms in total. The van der Waals surface area contributed by atoms with Gasteiger partial charge in [-0.1, -0.05) is 71.3 Å². The molecule has 234 valence electrons. The molecule has 0 radical (unpaired) electrons. The van der Waals surface area contributed by atoms with E-state index in [0.29, 0.717) is 5.56 Å². The predicted octanol–water partition coefficient (Wildman–Crippen LogP) is 12.3. The molecule has 3 heteroatoms. The Kier molecular flexibility index (Phi) is 8.82. The van der Waals surface area contributed by atoms with E-state index in [0.717, 1.165) is 39.7 Å². The Morgan fingerprint density at radius 2 is 0.766 bits per heavy atom. The van der Waals surface area contributed by atoms with Crippen molar-refractivity contribution in [2.45, 2.75) is 48.5 Å². The van der Waals surface area contributed by atoms with Gasteiger partial charge in [-0.3, -0.25) is 4.79 Å². The fourth-order valence-electron chi connectivity index (χ4n) is 6.26. The van der Waals surface area contributed by atoms with Crippen molar-refractivity contribution in [1.82, 2.24) is 0 Å². The van der Waals surface area contributed by atoms with Gasteiger partial charge in [-0.2, -0.15) is 0 Å². The first-order valence-electron chi connectivity index (χ1n) is 16.2. The number of carbonyl (C=O) groups is 1. The molecule has 0 fully saturated rings. The lowest BCUT2D eigenvalue weighted by atomic mass is 9.95. The van der Waals surface area contributed by atoms with Crippen LogP contribution in [0.3, 0.4) is 0 Å². The zero-order valence-corrected chi connectivity index (χ0v) is 28.4. The number of nitrogens with zero attached hydrogens (tertiary/aromatic N) is 2. The van der Waals surface area contributed by atoms with Crippen molar-refractivity contribution in [3.8, 4) is 11.1 Å². The molecule has 6 aromatic rings. The normalized spacial score (nSPS) is 11.0. The number of rotatable bonds is 8. The topological polar surface area (TPSA) is 23.6 Å². The van der Waals surface area contributed by atoms with E-state index in [1.165, 1.54) is 38.9 Å². The second kappa shape index (κ2) is 13.1. The first-order chi connectivity index (χ1) is 22.6. The molecule has 0 aromatic heterocycles. The Hall–Kier alpha value is -5.41. The molecule has 0 N–H and O–H groups in total. The average molecular weight is 615 g/mol. The van der Waals surface area contributed by atoms with Crippen molar-refractivity contribution < 1.29 is 4.79 Å². The number of benzene rings is 6. The smallest absolute Gasteiger partial charge is 0.161 e. The van der Waals surface area contributed by atoms with Crippen LogP contribution in [0.5, 0.6) is 0 Å².